The SMILES string of the molecule is Cc1cc(C)cc(OCCCn2c(-c3ccccc3)nc3ccccc32)c1. The molecule has 0 amide bonds. The summed E-state index contributed by atoms with van der Waals surface area (Å²) in [4.78, 5) is 4.87. The van der Waals surface area contributed by atoms with Gasteiger partial charge in [-0.15, -0.1) is 0 Å². The van der Waals surface area contributed by atoms with Gasteiger partial charge in [-0.2, -0.15) is 0 Å². The van der Waals surface area contributed by atoms with Crippen LogP contribution in [0.5, 0.6) is 5.75 Å². The topological polar surface area (TPSA) is 27.1 Å². The Kier molecular flexibility index (Phi) is 4.93. The Morgan fingerprint density at radius 1 is 0.852 bits per heavy atom. The van der Waals surface area contributed by atoms with Crippen LogP contribution in [-0.2, 0) is 6.54 Å². The smallest absolute Gasteiger partial charge is 0.141 e. The van der Waals surface area contributed by atoms with Gasteiger partial charge in [0, 0.05) is 12.1 Å². The molecule has 0 saturated carbocycles. The molecular weight excluding hydrogens is 332 g/mol. The Labute approximate surface area is 160 Å². The minimum absolute atomic E-state index is 0.684. The van der Waals surface area contributed by atoms with E-state index in [1.807, 2.05) is 12.1 Å². The number of imidazole rings is 1. The minimum Gasteiger partial charge on any atom is -0.494 e. The van der Waals surface area contributed by atoms with Gasteiger partial charge in [0.05, 0.1) is 17.6 Å². The molecule has 0 fully saturated rings. The van der Waals surface area contributed by atoms with Crippen LogP contribution in [0.2, 0.25) is 0 Å². The summed E-state index contributed by atoms with van der Waals surface area (Å²) in [5, 5.41) is 0. The summed E-state index contributed by atoms with van der Waals surface area (Å²) in [7, 11) is 0. The molecule has 0 aliphatic heterocycles. The van der Waals surface area contributed by atoms with Crippen LogP contribution in [0, 0.1) is 13.8 Å². The molecule has 27 heavy (non-hydrogen) atoms. The van der Waals surface area contributed by atoms with Gasteiger partial charge in [0.1, 0.15) is 11.6 Å². The van der Waals surface area contributed by atoms with Crippen molar-refractivity contribution in [1.29, 1.82) is 0 Å². The molecule has 0 bridgehead atoms. The average molecular weight is 356 g/mol. The minimum atomic E-state index is 0.684. The van der Waals surface area contributed by atoms with Crippen molar-refractivity contribution in [2.75, 3.05) is 6.61 Å². The van der Waals surface area contributed by atoms with Gasteiger partial charge in [-0.3, -0.25) is 0 Å². The summed E-state index contributed by atoms with van der Waals surface area (Å²) in [5.41, 5.74) is 5.81. The zero-order chi connectivity index (χ0) is 18.6. The third-order valence-electron chi connectivity index (χ3n) is 4.68. The predicted octanol–water partition coefficient (Wildman–Crippen LogP) is 5.79. The average Bonchev–Trinajstić information content (AvgIpc) is 3.04. The molecule has 0 aliphatic carbocycles. The van der Waals surface area contributed by atoms with Crippen LogP contribution in [0.1, 0.15) is 17.5 Å². The molecule has 0 aliphatic rings. The number of hydrogen-bond acceptors (Lipinski definition) is 2. The number of aromatic nitrogens is 2. The first-order valence-electron chi connectivity index (χ1n) is 9.42. The van der Waals surface area contributed by atoms with Gasteiger partial charge >= 0.3 is 0 Å². The molecule has 0 spiro atoms. The highest BCUT2D eigenvalue weighted by Crippen LogP contribution is 2.25. The lowest BCUT2D eigenvalue weighted by Crippen LogP contribution is -2.06. The van der Waals surface area contributed by atoms with Crippen LogP contribution in [0.4, 0.5) is 0 Å². The van der Waals surface area contributed by atoms with Crippen molar-refractivity contribution in [2.45, 2.75) is 26.8 Å². The standard InChI is InChI=1S/C24H24N2O/c1-18-15-19(2)17-21(16-18)27-14-8-13-26-23-12-7-6-11-22(23)25-24(26)20-9-4-3-5-10-20/h3-7,9-12,15-17H,8,13-14H2,1-2H3. The molecule has 0 N–H and O–H groups in total. The van der Waals surface area contributed by atoms with Gasteiger partial charge in [-0.05, 0) is 55.7 Å². The van der Waals surface area contributed by atoms with Gasteiger partial charge in [-0.25, -0.2) is 4.98 Å². The molecule has 136 valence electrons. The van der Waals surface area contributed by atoms with E-state index in [0.717, 1.165) is 35.6 Å². The molecule has 0 saturated heterocycles. The van der Waals surface area contributed by atoms with E-state index in [1.165, 1.54) is 16.6 Å². The molecule has 4 rings (SSSR count). The highest BCUT2D eigenvalue weighted by Gasteiger charge is 2.11. The second-order valence-corrected chi connectivity index (χ2v) is 6.97. The Bertz CT molecular complexity index is 1030. The normalized spacial score (nSPS) is 11.0. The van der Waals surface area contributed by atoms with Crippen LogP contribution in [-0.4, -0.2) is 16.2 Å². The van der Waals surface area contributed by atoms with Crippen LogP contribution in [0.15, 0.2) is 72.8 Å². The summed E-state index contributed by atoms with van der Waals surface area (Å²) in [5.74, 6) is 1.97. The number of ether oxygens (including phenoxy) is 1. The fraction of sp³-hybridized carbons (Fsp3) is 0.208. The zero-order valence-corrected chi connectivity index (χ0v) is 15.9. The van der Waals surface area contributed by atoms with E-state index in [9.17, 15) is 0 Å². The Morgan fingerprint density at radius 2 is 1.56 bits per heavy atom. The highest BCUT2D eigenvalue weighted by molar-refractivity contribution is 5.80. The highest BCUT2D eigenvalue weighted by atomic mass is 16.5. The lowest BCUT2D eigenvalue weighted by Gasteiger charge is -2.11. The molecule has 0 unspecified atom stereocenters. The van der Waals surface area contributed by atoms with E-state index in [2.05, 4.69) is 79.1 Å². The summed E-state index contributed by atoms with van der Waals surface area (Å²) < 4.78 is 8.29. The van der Waals surface area contributed by atoms with E-state index in [4.69, 9.17) is 9.72 Å². The van der Waals surface area contributed by atoms with Crippen LogP contribution in [0.25, 0.3) is 22.4 Å². The maximum atomic E-state index is 5.99. The molecular formula is C24H24N2O. The summed E-state index contributed by atoms with van der Waals surface area (Å²) in [6.45, 7) is 5.76. The van der Waals surface area contributed by atoms with Gasteiger partial charge in [-0.1, -0.05) is 48.5 Å². The fourth-order valence-electron chi connectivity index (χ4n) is 3.54. The zero-order valence-electron chi connectivity index (χ0n) is 15.9. The first-order valence-corrected chi connectivity index (χ1v) is 9.42. The fourth-order valence-corrected chi connectivity index (χ4v) is 3.54. The van der Waals surface area contributed by atoms with Crippen molar-refractivity contribution >= 4 is 11.0 Å². The Balaban J connectivity index is 1.53. The number of rotatable bonds is 6. The predicted molar refractivity (Wildman–Crippen MR) is 111 cm³/mol. The number of aryl methyl sites for hydroxylation is 3. The largest absolute Gasteiger partial charge is 0.494 e. The van der Waals surface area contributed by atoms with Crippen LogP contribution in [0.3, 0.4) is 0 Å². The third-order valence-corrected chi connectivity index (χ3v) is 4.68. The van der Waals surface area contributed by atoms with Crippen molar-refractivity contribution in [3.8, 4) is 17.1 Å². The molecule has 3 aromatic carbocycles. The Hall–Kier alpha value is -3.07. The quantitative estimate of drug-likeness (QED) is 0.409. The number of hydrogen-bond donors (Lipinski definition) is 0. The van der Waals surface area contributed by atoms with Gasteiger partial charge < -0.3 is 9.30 Å². The first kappa shape index (κ1) is 17.3. The number of benzene rings is 3. The first-order chi connectivity index (χ1) is 13.2. The van der Waals surface area contributed by atoms with Crippen LogP contribution < -0.4 is 4.74 Å². The second-order valence-electron chi connectivity index (χ2n) is 6.97. The van der Waals surface area contributed by atoms with E-state index >= 15 is 0 Å². The lowest BCUT2D eigenvalue weighted by atomic mass is 10.1. The van der Waals surface area contributed by atoms with Crippen molar-refractivity contribution in [3.63, 3.8) is 0 Å². The number of nitrogens with zero attached hydrogens (tertiary/aromatic N) is 2. The van der Waals surface area contributed by atoms with Gasteiger partial charge in [0.15, 0.2) is 0 Å². The molecule has 1 aromatic heterocycles. The Morgan fingerprint density at radius 3 is 2.33 bits per heavy atom. The summed E-state index contributed by atoms with van der Waals surface area (Å²) >= 11 is 0. The maximum Gasteiger partial charge on any atom is 0.141 e. The monoisotopic (exact) mass is 356 g/mol. The van der Waals surface area contributed by atoms with E-state index in [1.54, 1.807) is 0 Å². The second kappa shape index (κ2) is 7.67. The van der Waals surface area contributed by atoms with Gasteiger partial charge in [0.25, 0.3) is 0 Å². The van der Waals surface area contributed by atoms with Crippen molar-refractivity contribution in [2.24, 2.45) is 0 Å². The van der Waals surface area contributed by atoms with Crippen molar-refractivity contribution < 1.29 is 4.74 Å². The molecule has 0 radical (unpaired) electrons. The van der Waals surface area contributed by atoms with E-state index in [-0.39, 0.29) is 0 Å². The van der Waals surface area contributed by atoms with E-state index in [0.29, 0.717) is 6.61 Å². The van der Waals surface area contributed by atoms with Crippen molar-refractivity contribution in [1.82, 2.24) is 9.55 Å². The van der Waals surface area contributed by atoms with Crippen LogP contribution >= 0.6 is 0 Å². The number of fused-ring (bicyclic) bond motifs is 1. The summed E-state index contributed by atoms with van der Waals surface area (Å²) in [6.07, 6.45) is 0.924. The molecule has 1 heterocycles. The maximum absolute atomic E-state index is 5.99. The number of para-hydroxylation sites is 2. The van der Waals surface area contributed by atoms with E-state index < -0.39 is 0 Å². The molecule has 3 heteroatoms. The molecule has 4 aromatic rings. The lowest BCUT2D eigenvalue weighted by molar-refractivity contribution is 0.302. The van der Waals surface area contributed by atoms with Crippen molar-refractivity contribution in [3.05, 3.63) is 83.9 Å². The molecule has 3 nitrogen and oxygen atoms in total. The summed E-state index contributed by atoms with van der Waals surface area (Å²) in [6, 6.07) is 25.1. The van der Waals surface area contributed by atoms with Gasteiger partial charge in [0.2, 0.25) is 0 Å². The molecule has 0 atom stereocenters. The third kappa shape index (κ3) is 3.87.